The van der Waals surface area contributed by atoms with E-state index in [0.29, 0.717) is 28.1 Å². The highest BCUT2D eigenvalue weighted by Gasteiger charge is 2.11. The number of nitrogens with one attached hydrogen (secondary N) is 1. The molecular formula is C18H14N4O2. The van der Waals surface area contributed by atoms with Crippen LogP contribution < -0.4 is 11.1 Å². The predicted molar refractivity (Wildman–Crippen MR) is 90.4 cm³/mol. The van der Waals surface area contributed by atoms with Crippen molar-refractivity contribution in [2.45, 2.75) is 0 Å². The van der Waals surface area contributed by atoms with Crippen molar-refractivity contribution in [2.24, 2.45) is 5.73 Å². The number of carbonyl (C=O) groups is 2. The van der Waals surface area contributed by atoms with Crippen LogP contribution in [-0.4, -0.2) is 21.8 Å². The predicted octanol–water partition coefficient (Wildman–Crippen LogP) is 2.49. The highest BCUT2D eigenvalue weighted by molar-refractivity contribution is 6.03. The summed E-state index contributed by atoms with van der Waals surface area (Å²) in [5.41, 5.74) is 7.96. The lowest BCUT2D eigenvalue weighted by atomic mass is 10.0. The molecule has 6 nitrogen and oxygen atoms in total. The third kappa shape index (κ3) is 3.27. The molecule has 0 spiro atoms. The summed E-state index contributed by atoms with van der Waals surface area (Å²) in [4.78, 5) is 31.8. The minimum atomic E-state index is -0.520. The summed E-state index contributed by atoms with van der Waals surface area (Å²) in [6.45, 7) is 0. The Bertz CT molecular complexity index is 894. The normalized spacial score (nSPS) is 10.2. The highest BCUT2D eigenvalue weighted by Crippen LogP contribution is 2.25. The molecule has 0 bridgehead atoms. The average molecular weight is 318 g/mol. The Morgan fingerprint density at radius 3 is 2.54 bits per heavy atom. The van der Waals surface area contributed by atoms with Gasteiger partial charge in [0.1, 0.15) is 5.69 Å². The lowest BCUT2D eigenvalue weighted by Gasteiger charge is -2.09. The van der Waals surface area contributed by atoms with Gasteiger partial charge in [0, 0.05) is 23.5 Å². The molecule has 3 N–H and O–H groups in total. The Morgan fingerprint density at radius 2 is 1.79 bits per heavy atom. The summed E-state index contributed by atoms with van der Waals surface area (Å²) in [5.74, 6) is -0.855. The van der Waals surface area contributed by atoms with Gasteiger partial charge in [0.25, 0.3) is 5.91 Å². The van der Waals surface area contributed by atoms with Crippen molar-refractivity contribution >= 4 is 17.5 Å². The van der Waals surface area contributed by atoms with Gasteiger partial charge in [-0.25, -0.2) is 0 Å². The fourth-order valence-electron chi connectivity index (χ4n) is 2.30. The molecule has 1 aromatic carbocycles. The van der Waals surface area contributed by atoms with Gasteiger partial charge >= 0.3 is 0 Å². The third-order valence-corrected chi connectivity index (χ3v) is 3.40. The van der Waals surface area contributed by atoms with Crippen LogP contribution in [0, 0.1) is 0 Å². The first-order valence-electron chi connectivity index (χ1n) is 7.22. The van der Waals surface area contributed by atoms with Gasteiger partial charge in [0.2, 0.25) is 5.91 Å². The van der Waals surface area contributed by atoms with Gasteiger partial charge in [-0.3, -0.25) is 19.6 Å². The molecule has 24 heavy (non-hydrogen) atoms. The molecule has 2 aromatic heterocycles. The number of carbonyl (C=O) groups excluding carboxylic acids is 2. The second kappa shape index (κ2) is 6.70. The van der Waals surface area contributed by atoms with Crippen molar-refractivity contribution < 1.29 is 9.59 Å². The Labute approximate surface area is 138 Å². The number of amides is 2. The number of nitrogens with two attached hydrogens (primary N) is 1. The molecule has 0 aliphatic rings. The van der Waals surface area contributed by atoms with Crippen molar-refractivity contribution in [2.75, 3.05) is 5.32 Å². The summed E-state index contributed by atoms with van der Waals surface area (Å²) in [6, 6.07) is 13.8. The molecule has 118 valence electrons. The van der Waals surface area contributed by atoms with Crippen molar-refractivity contribution in [1.82, 2.24) is 9.97 Å². The number of primary amides is 1. The van der Waals surface area contributed by atoms with E-state index in [1.807, 2.05) is 0 Å². The van der Waals surface area contributed by atoms with E-state index >= 15 is 0 Å². The fraction of sp³-hybridized carbons (Fsp3) is 0. The number of benzene rings is 1. The molecule has 2 heterocycles. The molecule has 0 aliphatic heterocycles. The third-order valence-electron chi connectivity index (χ3n) is 3.40. The van der Waals surface area contributed by atoms with Crippen LogP contribution in [0.2, 0.25) is 0 Å². The maximum atomic E-state index is 12.2. The Morgan fingerprint density at radius 1 is 1.00 bits per heavy atom. The zero-order valence-corrected chi connectivity index (χ0v) is 12.6. The zero-order valence-electron chi connectivity index (χ0n) is 12.6. The van der Waals surface area contributed by atoms with Gasteiger partial charge in [-0.05, 0) is 29.8 Å². The number of pyridine rings is 2. The second-order valence-corrected chi connectivity index (χ2v) is 5.04. The van der Waals surface area contributed by atoms with Crippen LogP contribution in [0.3, 0.4) is 0 Å². The topological polar surface area (TPSA) is 98.0 Å². The van der Waals surface area contributed by atoms with Crippen LogP contribution >= 0.6 is 0 Å². The summed E-state index contributed by atoms with van der Waals surface area (Å²) in [5, 5.41) is 2.74. The van der Waals surface area contributed by atoms with Crippen LogP contribution in [-0.2, 0) is 0 Å². The van der Waals surface area contributed by atoms with E-state index in [-0.39, 0.29) is 5.91 Å². The maximum absolute atomic E-state index is 12.2. The van der Waals surface area contributed by atoms with Crippen LogP contribution in [0.5, 0.6) is 0 Å². The van der Waals surface area contributed by atoms with Crippen molar-refractivity contribution in [3.8, 4) is 11.1 Å². The molecule has 0 saturated carbocycles. The summed E-state index contributed by atoms with van der Waals surface area (Å²) in [6.07, 6.45) is 4.68. The van der Waals surface area contributed by atoms with E-state index < -0.39 is 5.91 Å². The quantitative estimate of drug-likeness (QED) is 0.772. The molecule has 3 aromatic rings. The van der Waals surface area contributed by atoms with E-state index in [4.69, 9.17) is 5.73 Å². The van der Waals surface area contributed by atoms with Gasteiger partial charge in [-0.2, -0.15) is 0 Å². The average Bonchev–Trinajstić information content (AvgIpc) is 2.62. The second-order valence-electron chi connectivity index (χ2n) is 5.04. The number of anilines is 1. The van der Waals surface area contributed by atoms with Crippen molar-refractivity contribution in [3.63, 3.8) is 0 Å². The van der Waals surface area contributed by atoms with Crippen LogP contribution in [0.15, 0.2) is 67.1 Å². The van der Waals surface area contributed by atoms with Gasteiger partial charge in [0.05, 0.1) is 11.9 Å². The van der Waals surface area contributed by atoms with E-state index in [1.54, 1.807) is 60.9 Å². The van der Waals surface area contributed by atoms with Crippen LogP contribution in [0.25, 0.3) is 11.1 Å². The van der Waals surface area contributed by atoms with Gasteiger partial charge < -0.3 is 11.1 Å². The molecule has 0 radical (unpaired) electrons. The first-order valence-corrected chi connectivity index (χ1v) is 7.22. The first kappa shape index (κ1) is 15.4. The minimum Gasteiger partial charge on any atom is -0.366 e. The van der Waals surface area contributed by atoms with E-state index in [9.17, 15) is 9.59 Å². The molecular weight excluding hydrogens is 304 g/mol. The SMILES string of the molecule is NC(=O)c1ccccc1-c1cncc(NC(=O)c2ccccn2)c1. The molecule has 0 fully saturated rings. The molecule has 0 saturated heterocycles. The lowest BCUT2D eigenvalue weighted by Crippen LogP contribution is -2.14. The number of nitrogens with zero attached hydrogens (tertiary/aromatic N) is 2. The smallest absolute Gasteiger partial charge is 0.274 e. The first-order chi connectivity index (χ1) is 11.6. The van der Waals surface area contributed by atoms with E-state index in [0.717, 1.165) is 0 Å². The van der Waals surface area contributed by atoms with Gasteiger partial charge in [-0.1, -0.05) is 24.3 Å². The minimum absolute atomic E-state index is 0.306. The zero-order chi connectivity index (χ0) is 16.9. The molecule has 0 atom stereocenters. The van der Waals surface area contributed by atoms with Crippen molar-refractivity contribution in [1.29, 1.82) is 0 Å². The number of hydrogen-bond acceptors (Lipinski definition) is 4. The van der Waals surface area contributed by atoms with Gasteiger partial charge in [-0.15, -0.1) is 0 Å². The molecule has 0 unspecified atom stereocenters. The Balaban J connectivity index is 1.91. The number of rotatable bonds is 4. The fourth-order valence-corrected chi connectivity index (χ4v) is 2.30. The van der Waals surface area contributed by atoms with Gasteiger partial charge in [0.15, 0.2) is 0 Å². The van der Waals surface area contributed by atoms with Crippen molar-refractivity contribution in [3.05, 3.63) is 78.4 Å². The highest BCUT2D eigenvalue weighted by atomic mass is 16.2. The molecule has 0 aliphatic carbocycles. The standard InChI is InChI=1S/C18H14N4O2/c19-17(23)15-6-2-1-5-14(15)12-9-13(11-20-10-12)22-18(24)16-7-3-4-8-21-16/h1-11H,(H2,19,23)(H,22,24). The maximum Gasteiger partial charge on any atom is 0.274 e. The summed E-state index contributed by atoms with van der Waals surface area (Å²) in [7, 11) is 0. The largest absolute Gasteiger partial charge is 0.366 e. The lowest BCUT2D eigenvalue weighted by molar-refractivity contribution is 0.0997. The summed E-state index contributed by atoms with van der Waals surface area (Å²) < 4.78 is 0. The number of aromatic nitrogens is 2. The monoisotopic (exact) mass is 318 g/mol. The van der Waals surface area contributed by atoms with Crippen LogP contribution in [0.4, 0.5) is 5.69 Å². The Kier molecular flexibility index (Phi) is 4.29. The van der Waals surface area contributed by atoms with E-state index in [2.05, 4.69) is 15.3 Å². The Hall–Kier alpha value is -3.54. The summed E-state index contributed by atoms with van der Waals surface area (Å²) >= 11 is 0. The molecule has 6 heteroatoms. The molecule has 2 amide bonds. The molecule has 3 rings (SSSR count). The van der Waals surface area contributed by atoms with E-state index in [1.165, 1.54) is 6.20 Å². The number of hydrogen-bond donors (Lipinski definition) is 2. The van der Waals surface area contributed by atoms with Crippen LogP contribution in [0.1, 0.15) is 20.8 Å².